The molecule has 2 heterocycles. The van der Waals surface area contributed by atoms with Crippen molar-refractivity contribution in [1.29, 1.82) is 0 Å². The van der Waals surface area contributed by atoms with Crippen molar-refractivity contribution in [3.05, 3.63) is 12.4 Å². The standard InChI is InChI=1S/C16H29N5O2/c1-2-6-20(11-12-22)16(23)18-15-13-17-21(14-15)10-9-19-7-4-3-5-8-19/h13-14,22H,2-12H2,1H3,(H,18,23). The molecule has 2 N–H and O–H groups in total. The van der Waals surface area contributed by atoms with E-state index in [4.69, 9.17) is 5.11 Å². The number of aliphatic hydroxyl groups is 1. The Morgan fingerprint density at radius 1 is 1.30 bits per heavy atom. The zero-order valence-corrected chi connectivity index (χ0v) is 14.1. The number of rotatable bonds is 8. The molecule has 1 saturated heterocycles. The number of carbonyl (C=O) groups is 1. The zero-order valence-electron chi connectivity index (χ0n) is 14.1. The van der Waals surface area contributed by atoms with Gasteiger partial charge in [-0.2, -0.15) is 5.10 Å². The maximum Gasteiger partial charge on any atom is 0.322 e. The van der Waals surface area contributed by atoms with Crippen LogP contribution in [0.25, 0.3) is 0 Å². The molecule has 130 valence electrons. The van der Waals surface area contributed by atoms with E-state index in [2.05, 4.69) is 15.3 Å². The number of piperidine rings is 1. The quantitative estimate of drug-likeness (QED) is 0.762. The average molecular weight is 323 g/mol. The Labute approximate surface area is 138 Å². The summed E-state index contributed by atoms with van der Waals surface area (Å²) < 4.78 is 1.88. The Bertz CT molecular complexity index is 465. The number of anilines is 1. The fourth-order valence-corrected chi connectivity index (χ4v) is 2.89. The number of hydrogen-bond acceptors (Lipinski definition) is 4. The molecule has 1 aliphatic heterocycles. The van der Waals surface area contributed by atoms with Gasteiger partial charge in [0.2, 0.25) is 0 Å². The molecule has 0 bridgehead atoms. The van der Waals surface area contributed by atoms with Gasteiger partial charge in [0.05, 0.1) is 25.0 Å². The summed E-state index contributed by atoms with van der Waals surface area (Å²) in [4.78, 5) is 16.2. The zero-order chi connectivity index (χ0) is 16.5. The van der Waals surface area contributed by atoms with Gasteiger partial charge < -0.3 is 20.2 Å². The van der Waals surface area contributed by atoms with E-state index in [1.54, 1.807) is 11.1 Å². The summed E-state index contributed by atoms with van der Waals surface area (Å²) in [6.45, 7) is 7.17. The summed E-state index contributed by atoms with van der Waals surface area (Å²) in [6, 6.07) is -0.184. The van der Waals surface area contributed by atoms with Crippen molar-refractivity contribution in [3.63, 3.8) is 0 Å². The number of carbonyl (C=O) groups excluding carboxylic acids is 1. The van der Waals surface area contributed by atoms with E-state index in [1.165, 1.54) is 32.4 Å². The van der Waals surface area contributed by atoms with Gasteiger partial charge in [0.15, 0.2) is 0 Å². The molecule has 23 heavy (non-hydrogen) atoms. The van der Waals surface area contributed by atoms with Crippen LogP contribution < -0.4 is 5.32 Å². The molecule has 7 heteroatoms. The second kappa shape index (κ2) is 9.52. The van der Waals surface area contributed by atoms with E-state index in [9.17, 15) is 4.79 Å². The van der Waals surface area contributed by atoms with Crippen LogP contribution in [0.1, 0.15) is 32.6 Å². The molecule has 0 saturated carbocycles. The molecule has 2 amide bonds. The van der Waals surface area contributed by atoms with Crippen LogP contribution in [0, 0.1) is 0 Å². The summed E-state index contributed by atoms with van der Waals surface area (Å²) in [5.74, 6) is 0. The van der Waals surface area contributed by atoms with Crippen molar-refractivity contribution in [2.75, 3.05) is 44.6 Å². The number of aromatic nitrogens is 2. The average Bonchev–Trinajstić information content (AvgIpc) is 3.01. The van der Waals surface area contributed by atoms with Crippen molar-refractivity contribution in [2.24, 2.45) is 0 Å². The predicted molar refractivity (Wildman–Crippen MR) is 90.5 cm³/mol. The number of nitrogens with zero attached hydrogens (tertiary/aromatic N) is 4. The molecule has 1 aromatic rings. The van der Waals surface area contributed by atoms with Crippen LogP contribution in [0.15, 0.2) is 12.4 Å². The second-order valence-corrected chi connectivity index (χ2v) is 6.04. The fourth-order valence-electron chi connectivity index (χ4n) is 2.89. The SMILES string of the molecule is CCCN(CCO)C(=O)Nc1cnn(CCN2CCCCC2)c1. The smallest absolute Gasteiger partial charge is 0.322 e. The summed E-state index contributed by atoms with van der Waals surface area (Å²) in [5.41, 5.74) is 0.702. The lowest BCUT2D eigenvalue weighted by Gasteiger charge is -2.26. The lowest BCUT2D eigenvalue weighted by Crippen LogP contribution is -2.37. The van der Waals surface area contributed by atoms with Crippen LogP contribution in [0.2, 0.25) is 0 Å². The van der Waals surface area contributed by atoms with E-state index in [-0.39, 0.29) is 12.6 Å². The second-order valence-electron chi connectivity index (χ2n) is 6.04. The Balaban J connectivity index is 1.79. The molecule has 2 rings (SSSR count). The molecule has 0 atom stereocenters. The number of hydrogen-bond donors (Lipinski definition) is 2. The maximum atomic E-state index is 12.2. The summed E-state index contributed by atoms with van der Waals surface area (Å²) >= 11 is 0. The monoisotopic (exact) mass is 323 g/mol. The minimum Gasteiger partial charge on any atom is -0.395 e. The van der Waals surface area contributed by atoms with Crippen molar-refractivity contribution in [2.45, 2.75) is 39.2 Å². The number of aliphatic hydroxyl groups excluding tert-OH is 1. The molecule has 0 aromatic carbocycles. The largest absolute Gasteiger partial charge is 0.395 e. The minimum absolute atomic E-state index is 0.0253. The lowest BCUT2D eigenvalue weighted by molar-refractivity contribution is 0.188. The van der Waals surface area contributed by atoms with E-state index in [0.717, 1.165) is 19.5 Å². The van der Waals surface area contributed by atoms with Gasteiger partial charge in [0.1, 0.15) is 0 Å². The Kier molecular flexibility index (Phi) is 7.35. The lowest BCUT2D eigenvalue weighted by atomic mass is 10.1. The van der Waals surface area contributed by atoms with Crippen LogP contribution in [0.5, 0.6) is 0 Å². The molecule has 1 aromatic heterocycles. The Hall–Kier alpha value is -1.60. The third-order valence-electron chi connectivity index (χ3n) is 4.13. The molecule has 0 unspecified atom stereocenters. The normalized spacial score (nSPS) is 15.6. The van der Waals surface area contributed by atoms with Gasteiger partial charge in [-0.1, -0.05) is 13.3 Å². The highest BCUT2D eigenvalue weighted by molar-refractivity contribution is 5.88. The first-order valence-electron chi connectivity index (χ1n) is 8.64. The molecule has 1 fully saturated rings. The first-order chi connectivity index (χ1) is 11.2. The number of amides is 2. The highest BCUT2D eigenvalue weighted by Gasteiger charge is 2.13. The van der Waals surface area contributed by atoms with Crippen LogP contribution in [-0.2, 0) is 6.54 Å². The van der Waals surface area contributed by atoms with Gasteiger partial charge in [0, 0.05) is 25.8 Å². The van der Waals surface area contributed by atoms with Gasteiger partial charge in [-0.05, 0) is 32.4 Å². The molecule has 7 nitrogen and oxygen atoms in total. The highest BCUT2D eigenvalue weighted by Crippen LogP contribution is 2.10. The topological polar surface area (TPSA) is 73.6 Å². The Morgan fingerprint density at radius 3 is 2.78 bits per heavy atom. The van der Waals surface area contributed by atoms with E-state index >= 15 is 0 Å². The predicted octanol–water partition coefficient (Wildman–Crippen LogP) is 1.61. The van der Waals surface area contributed by atoms with Gasteiger partial charge in [-0.3, -0.25) is 4.68 Å². The first kappa shape index (κ1) is 17.7. The molecule has 1 aliphatic rings. The van der Waals surface area contributed by atoms with Crippen molar-refractivity contribution in [3.8, 4) is 0 Å². The first-order valence-corrected chi connectivity index (χ1v) is 8.64. The third kappa shape index (κ3) is 5.84. The van der Waals surface area contributed by atoms with Gasteiger partial charge in [-0.25, -0.2) is 4.79 Å². The molecular formula is C16H29N5O2. The molecule has 0 radical (unpaired) electrons. The third-order valence-corrected chi connectivity index (χ3v) is 4.13. The molecule has 0 aliphatic carbocycles. The molecular weight excluding hydrogens is 294 g/mol. The maximum absolute atomic E-state index is 12.2. The van der Waals surface area contributed by atoms with E-state index < -0.39 is 0 Å². The van der Waals surface area contributed by atoms with Crippen LogP contribution in [-0.4, -0.2) is 70.0 Å². The van der Waals surface area contributed by atoms with Gasteiger partial charge in [-0.15, -0.1) is 0 Å². The van der Waals surface area contributed by atoms with Crippen molar-refractivity contribution in [1.82, 2.24) is 19.6 Å². The number of nitrogens with one attached hydrogen (secondary N) is 1. The minimum atomic E-state index is -0.184. The van der Waals surface area contributed by atoms with Crippen LogP contribution >= 0.6 is 0 Å². The van der Waals surface area contributed by atoms with E-state index in [1.807, 2.05) is 17.8 Å². The Morgan fingerprint density at radius 2 is 2.09 bits per heavy atom. The highest BCUT2D eigenvalue weighted by atomic mass is 16.3. The summed E-state index contributed by atoms with van der Waals surface area (Å²) in [7, 11) is 0. The fraction of sp³-hybridized carbons (Fsp3) is 0.750. The van der Waals surface area contributed by atoms with Crippen molar-refractivity contribution < 1.29 is 9.90 Å². The van der Waals surface area contributed by atoms with Gasteiger partial charge >= 0.3 is 6.03 Å². The number of urea groups is 1. The van der Waals surface area contributed by atoms with E-state index in [0.29, 0.717) is 18.8 Å². The molecule has 0 spiro atoms. The summed E-state index contributed by atoms with van der Waals surface area (Å²) in [6.07, 6.45) is 8.33. The number of likely N-dealkylation sites (tertiary alicyclic amines) is 1. The summed E-state index contributed by atoms with van der Waals surface area (Å²) in [5, 5.41) is 16.2. The van der Waals surface area contributed by atoms with Crippen LogP contribution in [0.4, 0.5) is 10.5 Å². The van der Waals surface area contributed by atoms with Crippen LogP contribution in [0.3, 0.4) is 0 Å². The van der Waals surface area contributed by atoms with Gasteiger partial charge in [0.25, 0.3) is 0 Å². The van der Waals surface area contributed by atoms with Crippen molar-refractivity contribution >= 4 is 11.7 Å².